The average Bonchev–Trinajstić information content (AvgIpc) is 2.88. The summed E-state index contributed by atoms with van der Waals surface area (Å²) in [5, 5.41) is 8.60. The third kappa shape index (κ3) is 6.74. The number of para-hydroxylation sites is 1. The van der Waals surface area contributed by atoms with Crippen LogP contribution in [-0.4, -0.2) is 62.0 Å². The Morgan fingerprint density at radius 3 is 2.81 bits per heavy atom. The first kappa shape index (κ1) is 26.3. The number of aryl methyl sites for hydroxylation is 1. The van der Waals surface area contributed by atoms with Crippen molar-refractivity contribution in [1.82, 2.24) is 15.5 Å². The fraction of sp³-hybridized carbons (Fsp3) is 0.393. The lowest BCUT2D eigenvalue weighted by Gasteiger charge is -2.41. The van der Waals surface area contributed by atoms with E-state index >= 15 is 0 Å². The Balaban J connectivity index is 1.44. The number of benzene rings is 2. The first-order valence-corrected chi connectivity index (χ1v) is 12.6. The Morgan fingerprint density at radius 2 is 1.95 bits per heavy atom. The molecule has 1 fully saturated rings. The monoisotopic (exact) mass is 508 g/mol. The second-order valence-corrected chi connectivity index (χ2v) is 9.60. The van der Waals surface area contributed by atoms with E-state index in [0.29, 0.717) is 49.5 Å². The fourth-order valence-electron chi connectivity index (χ4n) is 4.86. The van der Waals surface area contributed by atoms with Crippen LogP contribution in [0.5, 0.6) is 5.75 Å². The van der Waals surface area contributed by atoms with E-state index in [0.717, 1.165) is 12.0 Å². The van der Waals surface area contributed by atoms with E-state index in [-0.39, 0.29) is 37.4 Å². The van der Waals surface area contributed by atoms with Crippen molar-refractivity contribution < 1.29 is 23.5 Å². The third-order valence-electron chi connectivity index (χ3n) is 6.82. The molecule has 2 aromatic rings. The highest BCUT2D eigenvalue weighted by Gasteiger charge is 2.41. The quantitative estimate of drug-likeness (QED) is 0.554. The molecule has 0 aliphatic carbocycles. The molecule has 196 valence electrons. The lowest BCUT2D eigenvalue weighted by molar-refractivity contribution is -0.135. The predicted octanol–water partition coefficient (Wildman–Crippen LogP) is 3.04. The summed E-state index contributed by atoms with van der Waals surface area (Å²) in [5.74, 6) is -0.522. The largest absolute Gasteiger partial charge is 0.489 e. The Labute approximate surface area is 216 Å². The fourth-order valence-corrected chi connectivity index (χ4v) is 4.86. The minimum Gasteiger partial charge on any atom is -0.489 e. The van der Waals surface area contributed by atoms with E-state index in [9.17, 15) is 18.8 Å². The van der Waals surface area contributed by atoms with Crippen LogP contribution in [0.2, 0.25) is 0 Å². The maximum atomic E-state index is 13.6. The van der Waals surface area contributed by atoms with Crippen LogP contribution in [-0.2, 0) is 9.59 Å². The number of rotatable bonds is 3. The first-order valence-electron chi connectivity index (χ1n) is 12.6. The third-order valence-corrected chi connectivity index (χ3v) is 6.82. The second-order valence-electron chi connectivity index (χ2n) is 9.60. The van der Waals surface area contributed by atoms with Crippen LogP contribution in [0.4, 0.5) is 10.1 Å². The molecular weight excluding hydrogens is 475 g/mol. The van der Waals surface area contributed by atoms with Crippen LogP contribution in [0.1, 0.15) is 35.2 Å². The van der Waals surface area contributed by atoms with Gasteiger partial charge in [-0.2, -0.15) is 0 Å². The molecule has 4 rings (SSSR count). The second kappa shape index (κ2) is 12.0. The van der Waals surface area contributed by atoms with Gasteiger partial charge in [-0.05, 0) is 62.6 Å². The highest BCUT2D eigenvalue weighted by molar-refractivity contribution is 5.97. The molecule has 9 heteroatoms. The molecule has 0 bridgehead atoms. The molecule has 1 atom stereocenters. The van der Waals surface area contributed by atoms with Gasteiger partial charge in [-0.3, -0.25) is 19.3 Å². The lowest BCUT2D eigenvalue weighted by Crippen LogP contribution is -2.53. The predicted molar refractivity (Wildman–Crippen MR) is 139 cm³/mol. The zero-order valence-electron chi connectivity index (χ0n) is 21.0. The molecule has 8 nitrogen and oxygen atoms in total. The zero-order valence-corrected chi connectivity index (χ0v) is 21.0. The normalized spacial score (nSPS) is 22.1. The van der Waals surface area contributed by atoms with Gasteiger partial charge in [0.15, 0.2) is 0 Å². The summed E-state index contributed by atoms with van der Waals surface area (Å²) in [6, 6.07) is 11.3. The van der Waals surface area contributed by atoms with Gasteiger partial charge in [-0.1, -0.05) is 30.4 Å². The van der Waals surface area contributed by atoms with Gasteiger partial charge in [-0.15, -0.1) is 0 Å². The van der Waals surface area contributed by atoms with Crippen molar-refractivity contribution in [1.29, 1.82) is 0 Å². The summed E-state index contributed by atoms with van der Waals surface area (Å²) in [5.41, 5.74) is 0.956. The molecule has 0 saturated carbocycles. The molecular formula is C28H33FN4O4. The number of carbonyl (C=O) groups excluding carboxylic acids is 3. The number of hydrogen-bond donors (Lipinski definition) is 3. The molecule has 3 amide bonds. The molecule has 1 saturated heterocycles. The van der Waals surface area contributed by atoms with Gasteiger partial charge in [0.1, 0.15) is 18.2 Å². The summed E-state index contributed by atoms with van der Waals surface area (Å²) >= 11 is 0. The minimum atomic E-state index is -0.712. The van der Waals surface area contributed by atoms with Crippen LogP contribution in [0.15, 0.2) is 54.6 Å². The van der Waals surface area contributed by atoms with E-state index in [1.807, 2.05) is 23.1 Å². The standard InChI is InChI=1S/C28H33FN4O4/c1-20-9-10-21(29)17-23(20)32-25(34)18-33-15-6-12-28(19-33)11-4-5-16-37-24-8-3-2-7-22(24)26(35)30-13-14-31-27(28)36/h2-5,7-10,17H,6,11-16,18-19H2,1H3,(H,30,35)(H,31,36)(H,32,34)/b5-4-. The molecule has 0 radical (unpaired) electrons. The molecule has 2 heterocycles. The van der Waals surface area contributed by atoms with E-state index < -0.39 is 11.2 Å². The molecule has 37 heavy (non-hydrogen) atoms. The number of likely N-dealkylation sites (tertiary alicyclic amines) is 1. The number of halogens is 1. The van der Waals surface area contributed by atoms with Crippen molar-refractivity contribution in [3.63, 3.8) is 0 Å². The van der Waals surface area contributed by atoms with Gasteiger partial charge in [-0.25, -0.2) is 4.39 Å². The molecule has 1 unspecified atom stereocenters. The van der Waals surface area contributed by atoms with Crippen molar-refractivity contribution in [3.05, 3.63) is 71.6 Å². The summed E-state index contributed by atoms with van der Waals surface area (Å²) in [6.45, 7) is 3.84. The molecule has 2 aromatic carbocycles. The van der Waals surface area contributed by atoms with Gasteiger partial charge >= 0.3 is 0 Å². The highest BCUT2D eigenvalue weighted by Crippen LogP contribution is 2.34. The van der Waals surface area contributed by atoms with Gasteiger partial charge in [0, 0.05) is 25.3 Å². The van der Waals surface area contributed by atoms with Crippen molar-refractivity contribution in [2.75, 3.05) is 44.6 Å². The van der Waals surface area contributed by atoms with E-state index in [1.54, 1.807) is 31.2 Å². The SMILES string of the molecule is Cc1ccc(F)cc1NC(=O)CN1CCCC2(C/C=C\COc3ccccc3C(=O)NCCNC2=O)C1. The highest BCUT2D eigenvalue weighted by atomic mass is 19.1. The van der Waals surface area contributed by atoms with E-state index in [1.165, 1.54) is 12.1 Å². The average molecular weight is 509 g/mol. The number of hydrogen-bond acceptors (Lipinski definition) is 5. The molecule has 0 aromatic heterocycles. The minimum absolute atomic E-state index is 0.101. The summed E-state index contributed by atoms with van der Waals surface area (Å²) < 4.78 is 19.4. The van der Waals surface area contributed by atoms with Crippen molar-refractivity contribution >= 4 is 23.4 Å². The van der Waals surface area contributed by atoms with Crippen LogP contribution < -0.4 is 20.7 Å². The van der Waals surface area contributed by atoms with E-state index in [4.69, 9.17) is 4.74 Å². The lowest BCUT2D eigenvalue weighted by atomic mass is 9.76. The maximum Gasteiger partial charge on any atom is 0.255 e. The number of nitrogens with one attached hydrogen (secondary N) is 3. The number of piperidine rings is 1. The number of ether oxygens (including phenoxy) is 1. The summed E-state index contributed by atoms with van der Waals surface area (Å²) in [6.07, 6.45) is 5.73. The summed E-state index contributed by atoms with van der Waals surface area (Å²) in [4.78, 5) is 40.7. The van der Waals surface area contributed by atoms with Crippen LogP contribution >= 0.6 is 0 Å². The number of anilines is 1. The van der Waals surface area contributed by atoms with Gasteiger partial charge in [0.25, 0.3) is 5.91 Å². The molecule has 2 aliphatic rings. The number of nitrogens with zero attached hydrogens (tertiary/aromatic N) is 1. The topological polar surface area (TPSA) is 99.8 Å². The summed E-state index contributed by atoms with van der Waals surface area (Å²) in [7, 11) is 0. The molecule has 3 N–H and O–H groups in total. The number of fused-ring (bicyclic) bond motifs is 1. The van der Waals surface area contributed by atoms with Gasteiger partial charge in [0.05, 0.1) is 17.5 Å². The number of allylic oxidation sites excluding steroid dienone is 1. The molecule has 2 aliphatic heterocycles. The van der Waals surface area contributed by atoms with Crippen LogP contribution in [0, 0.1) is 18.2 Å². The maximum absolute atomic E-state index is 13.6. The van der Waals surface area contributed by atoms with Gasteiger partial charge < -0.3 is 20.7 Å². The smallest absolute Gasteiger partial charge is 0.255 e. The Hall–Kier alpha value is -3.72. The van der Waals surface area contributed by atoms with Crippen LogP contribution in [0.25, 0.3) is 0 Å². The Morgan fingerprint density at radius 1 is 1.14 bits per heavy atom. The van der Waals surface area contributed by atoms with Crippen molar-refractivity contribution in [2.45, 2.75) is 26.2 Å². The van der Waals surface area contributed by atoms with E-state index in [2.05, 4.69) is 16.0 Å². The van der Waals surface area contributed by atoms with Crippen molar-refractivity contribution in [2.24, 2.45) is 5.41 Å². The zero-order chi connectivity index (χ0) is 26.3. The molecule has 1 spiro atoms. The van der Waals surface area contributed by atoms with Crippen LogP contribution in [0.3, 0.4) is 0 Å². The van der Waals surface area contributed by atoms with Gasteiger partial charge in [0.2, 0.25) is 11.8 Å². The Kier molecular flexibility index (Phi) is 8.55. The number of carbonyl (C=O) groups is 3. The first-order chi connectivity index (χ1) is 17.9. The Bertz CT molecular complexity index is 1180. The van der Waals surface area contributed by atoms with Crippen molar-refractivity contribution in [3.8, 4) is 5.75 Å². The number of amides is 3.